The van der Waals surface area contributed by atoms with Crippen LogP contribution in [0, 0.1) is 69.0 Å². The zero-order valence-electron chi connectivity index (χ0n) is 26.7. The zero-order valence-corrected chi connectivity index (χ0v) is 26.7. The number of hydrogen-bond donors (Lipinski definition) is 0. The Morgan fingerprint density at radius 1 is 0.450 bits per heavy atom. The van der Waals surface area contributed by atoms with Gasteiger partial charge in [-0.25, -0.2) is 0 Å². The van der Waals surface area contributed by atoms with E-state index in [1.165, 1.54) is 140 Å². The lowest BCUT2D eigenvalue weighted by Gasteiger charge is -2.60. The van der Waals surface area contributed by atoms with E-state index >= 15 is 0 Å². The van der Waals surface area contributed by atoms with E-state index in [0.717, 1.165) is 47.3 Å². The molecule has 0 N–H and O–H groups in total. The van der Waals surface area contributed by atoms with E-state index in [1.807, 2.05) is 0 Å². The Morgan fingerprint density at radius 3 is 1.35 bits per heavy atom. The summed E-state index contributed by atoms with van der Waals surface area (Å²) in [4.78, 5) is 0. The van der Waals surface area contributed by atoms with Crippen molar-refractivity contribution >= 4 is 11.4 Å². The lowest BCUT2D eigenvalue weighted by atomic mass is 9.45. The highest BCUT2D eigenvalue weighted by atomic mass is 15.2. The summed E-state index contributed by atoms with van der Waals surface area (Å²) < 4.78 is 0. The van der Waals surface area contributed by atoms with Crippen molar-refractivity contribution in [2.24, 2.45) is 79.2 Å². The molecular formula is C38H60N2. The van der Waals surface area contributed by atoms with Crippen LogP contribution < -0.4 is 0 Å². The molecule has 2 heteroatoms. The molecule has 0 unspecified atom stereocenters. The lowest BCUT2D eigenvalue weighted by Crippen LogP contribution is -2.53. The molecule has 0 aromatic heterocycles. The van der Waals surface area contributed by atoms with Crippen LogP contribution in [0.5, 0.6) is 0 Å². The molecule has 8 rings (SSSR count). The molecule has 8 aliphatic rings. The average Bonchev–Trinajstić information content (AvgIpc) is 3.47. The number of hydrogen-bond acceptors (Lipinski definition) is 2. The van der Waals surface area contributed by atoms with Gasteiger partial charge in [0.25, 0.3) is 0 Å². The van der Waals surface area contributed by atoms with Gasteiger partial charge in [0.2, 0.25) is 0 Å². The van der Waals surface area contributed by atoms with E-state index in [-0.39, 0.29) is 0 Å². The fraction of sp³-hybridized carbons (Fsp3) is 0.947. The average molecular weight is 545 g/mol. The van der Waals surface area contributed by atoms with Gasteiger partial charge in [-0.2, -0.15) is 10.2 Å². The van der Waals surface area contributed by atoms with Gasteiger partial charge in [-0.05, 0) is 161 Å². The highest BCUT2D eigenvalue weighted by molar-refractivity contribution is 5.95. The molecule has 2 nitrogen and oxygen atoms in total. The number of fused-ring (bicyclic) bond motifs is 10. The topological polar surface area (TPSA) is 24.7 Å². The maximum Gasteiger partial charge on any atom is 0.0467 e. The third kappa shape index (κ3) is 3.64. The van der Waals surface area contributed by atoms with Crippen molar-refractivity contribution < 1.29 is 0 Å². The van der Waals surface area contributed by atoms with Crippen LogP contribution in [0.2, 0.25) is 0 Å². The van der Waals surface area contributed by atoms with Gasteiger partial charge >= 0.3 is 0 Å². The second kappa shape index (κ2) is 9.42. The molecule has 0 spiro atoms. The van der Waals surface area contributed by atoms with Crippen molar-refractivity contribution in [3.8, 4) is 0 Å². The fourth-order valence-corrected chi connectivity index (χ4v) is 14.6. The summed E-state index contributed by atoms with van der Waals surface area (Å²) in [6.07, 6.45) is 29.0. The van der Waals surface area contributed by atoms with E-state index in [4.69, 9.17) is 10.2 Å². The number of nitrogens with zero attached hydrogens (tertiary/aromatic N) is 2. The second-order valence-electron chi connectivity index (χ2n) is 17.9. The Kier molecular flexibility index (Phi) is 6.34. The van der Waals surface area contributed by atoms with Crippen LogP contribution in [0.15, 0.2) is 10.2 Å². The molecule has 0 aromatic rings. The van der Waals surface area contributed by atoms with E-state index in [9.17, 15) is 0 Å². The third-order valence-corrected chi connectivity index (χ3v) is 16.9. The first-order valence-electron chi connectivity index (χ1n) is 18.4. The summed E-state index contributed by atoms with van der Waals surface area (Å²) in [5.41, 5.74) is 4.96. The van der Waals surface area contributed by atoms with Crippen molar-refractivity contribution in [2.45, 2.75) is 156 Å². The third-order valence-electron chi connectivity index (χ3n) is 16.9. The molecule has 0 saturated heterocycles. The summed E-state index contributed by atoms with van der Waals surface area (Å²) >= 11 is 0. The maximum atomic E-state index is 5.32. The summed E-state index contributed by atoms with van der Waals surface area (Å²) in [5, 5.41) is 10.6. The Morgan fingerprint density at radius 2 is 0.900 bits per heavy atom. The molecule has 0 aromatic carbocycles. The van der Waals surface area contributed by atoms with Gasteiger partial charge < -0.3 is 0 Å². The SMILES string of the molecule is C[C@]12CCCC[C@@H]1CC[C@H]1[C@H]2CC[C@]2(C)C(=NN=C3CC[C@@H]4[C@@H]5CC[C@@H]6CCCC[C@@]6(C)[C@@H]5CC[C@]34C)CC[C@H]12. The van der Waals surface area contributed by atoms with Gasteiger partial charge in [-0.15, -0.1) is 0 Å². The van der Waals surface area contributed by atoms with Gasteiger partial charge in [0.05, 0.1) is 0 Å². The quantitative estimate of drug-likeness (QED) is 0.293. The van der Waals surface area contributed by atoms with Gasteiger partial charge in [0.15, 0.2) is 0 Å². The van der Waals surface area contributed by atoms with Crippen molar-refractivity contribution in [3.05, 3.63) is 0 Å². The molecule has 40 heavy (non-hydrogen) atoms. The lowest BCUT2D eigenvalue weighted by molar-refractivity contribution is -0.0938. The van der Waals surface area contributed by atoms with Crippen molar-refractivity contribution in [3.63, 3.8) is 0 Å². The molecule has 0 radical (unpaired) electrons. The fourth-order valence-electron chi connectivity index (χ4n) is 14.6. The molecule has 222 valence electrons. The molecular weight excluding hydrogens is 484 g/mol. The normalized spacial score (nSPS) is 57.5. The standard InChI is InChI=1S/C38H60N2/c1-35-21-7-5-9-25(35)11-13-27-29-15-17-33(37(29,3)23-19-31(27)35)39-40-34-18-16-30-28-14-12-26-10-6-8-22-36(26,2)32(28)20-24-38(30,34)4/h25-32H,5-24H2,1-4H3/t25-,26+,27-,28+,29-,30-,31-,32-,35+,36-,37+,38+/m1/s1. The van der Waals surface area contributed by atoms with E-state index < -0.39 is 0 Å². The van der Waals surface area contributed by atoms with Gasteiger partial charge in [-0.1, -0.05) is 53.4 Å². The monoisotopic (exact) mass is 544 g/mol. The minimum absolute atomic E-state index is 0.327. The molecule has 12 atom stereocenters. The van der Waals surface area contributed by atoms with Crippen molar-refractivity contribution in [1.29, 1.82) is 0 Å². The highest BCUT2D eigenvalue weighted by Crippen LogP contribution is 2.67. The van der Waals surface area contributed by atoms with Gasteiger partial charge in [0.1, 0.15) is 0 Å². The predicted molar refractivity (Wildman–Crippen MR) is 168 cm³/mol. The van der Waals surface area contributed by atoms with Crippen molar-refractivity contribution in [2.75, 3.05) is 0 Å². The van der Waals surface area contributed by atoms with Gasteiger partial charge in [-0.3, -0.25) is 0 Å². The van der Waals surface area contributed by atoms with E-state index in [0.29, 0.717) is 21.7 Å². The molecule has 8 aliphatic carbocycles. The maximum absolute atomic E-state index is 5.32. The molecule has 0 amide bonds. The summed E-state index contributed by atoms with van der Waals surface area (Å²) in [6, 6.07) is 0. The highest BCUT2D eigenvalue weighted by Gasteiger charge is 2.61. The first kappa shape index (κ1) is 26.9. The largest absolute Gasteiger partial charge is 0.160 e. The first-order valence-corrected chi connectivity index (χ1v) is 18.4. The zero-order chi connectivity index (χ0) is 27.3. The summed E-state index contributed by atoms with van der Waals surface area (Å²) in [7, 11) is 0. The van der Waals surface area contributed by atoms with Crippen LogP contribution >= 0.6 is 0 Å². The van der Waals surface area contributed by atoms with E-state index in [1.54, 1.807) is 0 Å². The summed E-state index contributed by atoms with van der Waals surface area (Å²) in [6.45, 7) is 10.7. The molecule has 0 bridgehead atoms. The van der Waals surface area contributed by atoms with Crippen LogP contribution in [0.1, 0.15) is 156 Å². The smallest absolute Gasteiger partial charge is 0.0467 e. The Labute approximate surface area is 246 Å². The van der Waals surface area contributed by atoms with Crippen LogP contribution in [-0.2, 0) is 0 Å². The Bertz CT molecular complexity index is 989. The Balaban J connectivity index is 1.02. The molecule has 0 heterocycles. The second-order valence-corrected chi connectivity index (χ2v) is 17.9. The first-order chi connectivity index (χ1) is 19.3. The van der Waals surface area contributed by atoms with Crippen molar-refractivity contribution in [1.82, 2.24) is 0 Å². The van der Waals surface area contributed by atoms with Crippen LogP contribution in [0.25, 0.3) is 0 Å². The molecule has 8 saturated carbocycles. The molecule has 8 fully saturated rings. The minimum Gasteiger partial charge on any atom is -0.160 e. The molecule has 0 aliphatic heterocycles. The van der Waals surface area contributed by atoms with Crippen LogP contribution in [0.4, 0.5) is 0 Å². The van der Waals surface area contributed by atoms with Crippen LogP contribution in [0.3, 0.4) is 0 Å². The van der Waals surface area contributed by atoms with Crippen LogP contribution in [-0.4, -0.2) is 11.4 Å². The predicted octanol–water partition coefficient (Wildman–Crippen LogP) is 10.6. The summed E-state index contributed by atoms with van der Waals surface area (Å²) in [5.74, 6) is 7.68. The van der Waals surface area contributed by atoms with Gasteiger partial charge in [0, 0.05) is 22.3 Å². The minimum atomic E-state index is 0.327. The number of rotatable bonds is 1. The Hall–Kier alpha value is -0.660. The van der Waals surface area contributed by atoms with E-state index in [2.05, 4.69) is 27.7 Å².